The minimum atomic E-state index is -3.47. The lowest BCUT2D eigenvalue weighted by Gasteiger charge is -2.21. The normalized spacial score (nSPS) is 12.0. The van der Waals surface area contributed by atoms with Crippen LogP contribution < -0.4 is 5.32 Å². The maximum absolute atomic E-state index is 12.2. The molecule has 1 amide bonds. The Morgan fingerprint density at radius 1 is 1.04 bits per heavy atom. The quantitative estimate of drug-likeness (QED) is 0.906. The number of sulfone groups is 1. The van der Waals surface area contributed by atoms with Crippen LogP contribution >= 0.6 is 0 Å². The van der Waals surface area contributed by atoms with Crippen LogP contribution in [0.15, 0.2) is 48.5 Å². The minimum Gasteiger partial charge on any atom is -0.351 e. The van der Waals surface area contributed by atoms with Crippen molar-refractivity contribution in [2.24, 2.45) is 0 Å². The summed E-state index contributed by atoms with van der Waals surface area (Å²) in [4.78, 5) is 12.2. The van der Waals surface area contributed by atoms with Crippen molar-refractivity contribution in [1.29, 1.82) is 0 Å². The minimum absolute atomic E-state index is 0.289. The molecular formula is C19H23NO3S. The van der Waals surface area contributed by atoms with Crippen molar-refractivity contribution in [1.82, 2.24) is 5.32 Å². The molecule has 0 aromatic heterocycles. The summed E-state index contributed by atoms with van der Waals surface area (Å²) >= 11 is 0. The monoisotopic (exact) mass is 345 g/mol. The van der Waals surface area contributed by atoms with Crippen LogP contribution in [-0.4, -0.2) is 25.3 Å². The summed E-state index contributed by atoms with van der Waals surface area (Å²) in [6, 6.07) is 16.0. The second-order valence-electron chi connectivity index (χ2n) is 6.54. The van der Waals surface area contributed by atoms with E-state index in [2.05, 4.69) is 11.4 Å². The maximum Gasteiger partial charge on any atom is 0.241 e. The largest absolute Gasteiger partial charge is 0.351 e. The lowest BCUT2D eigenvalue weighted by molar-refractivity contribution is -0.123. The number of aryl methyl sites for hydroxylation is 1. The first-order valence-corrected chi connectivity index (χ1v) is 9.64. The van der Waals surface area contributed by atoms with Crippen molar-refractivity contribution < 1.29 is 13.2 Å². The molecule has 2 rings (SSSR count). The van der Waals surface area contributed by atoms with Crippen LogP contribution in [0.4, 0.5) is 0 Å². The van der Waals surface area contributed by atoms with E-state index in [0.717, 1.165) is 22.9 Å². The maximum atomic E-state index is 12.2. The first-order chi connectivity index (χ1) is 11.1. The lowest BCUT2D eigenvalue weighted by atomic mass is 10.0. The van der Waals surface area contributed by atoms with E-state index >= 15 is 0 Å². The zero-order valence-electron chi connectivity index (χ0n) is 14.5. The van der Waals surface area contributed by atoms with E-state index < -0.39 is 20.5 Å². The third-order valence-electron chi connectivity index (χ3n) is 4.21. The van der Waals surface area contributed by atoms with Crippen molar-refractivity contribution in [3.63, 3.8) is 0 Å². The number of carbonyl (C=O) groups excluding carboxylic acids is 1. The van der Waals surface area contributed by atoms with E-state index in [1.165, 1.54) is 19.4 Å². The van der Waals surface area contributed by atoms with Gasteiger partial charge in [0.2, 0.25) is 5.91 Å². The smallest absolute Gasteiger partial charge is 0.241 e. The van der Waals surface area contributed by atoms with Gasteiger partial charge in [-0.25, -0.2) is 8.42 Å². The molecule has 2 aromatic rings. The first kappa shape index (κ1) is 18.2. The Kier molecular flexibility index (Phi) is 5.13. The fraction of sp³-hybridized carbons (Fsp3) is 0.316. The first-order valence-electron chi connectivity index (χ1n) is 7.75. The van der Waals surface area contributed by atoms with Crippen LogP contribution in [0.1, 0.15) is 25.0 Å². The Hall–Kier alpha value is -2.14. The third-order valence-corrected chi connectivity index (χ3v) is 6.24. The SMILES string of the molecule is Cc1cccc(-c2cccc(CNC(=O)C(C)(C)S(C)(=O)=O)c2)c1. The average molecular weight is 345 g/mol. The van der Waals surface area contributed by atoms with E-state index in [-0.39, 0.29) is 6.54 Å². The van der Waals surface area contributed by atoms with Gasteiger partial charge in [-0.2, -0.15) is 0 Å². The van der Waals surface area contributed by atoms with Crippen LogP contribution in [0, 0.1) is 6.92 Å². The summed E-state index contributed by atoms with van der Waals surface area (Å²) in [5.74, 6) is -0.494. The van der Waals surface area contributed by atoms with Crippen molar-refractivity contribution in [3.8, 4) is 11.1 Å². The molecule has 0 saturated heterocycles. The molecular weight excluding hydrogens is 322 g/mol. The van der Waals surface area contributed by atoms with Gasteiger partial charge in [-0.3, -0.25) is 4.79 Å². The predicted molar refractivity (Wildman–Crippen MR) is 97.4 cm³/mol. The molecule has 4 nitrogen and oxygen atoms in total. The van der Waals surface area contributed by atoms with Gasteiger partial charge >= 0.3 is 0 Å². The van der Waals surface area contributed by atoms with E-state index in [4.69, 9.17) is 0 Å². The highest BCUT2D eigenvalue weighted by molar-refractivity contribution is 7.92. The van der Waals surface area contributed by atoms with Gasteiger partial charge in [0.25, 0.3) is 0 Å². The van der Waals surface area contributed by atoms with E-state index in [1.807, 2.05) is 49.4 Å². The van der Waals surface area contributed by atoms with Crippen molar-refractivity contribution in [3.05, 3.63) is 59.7 Å². The standard InChI is InChI=1S/C19H23NO3S/c1-14-7-5-9-16(11-14)17-10-6-8-15(12-17)13-20-18(21)19(2,3)24(4,22)23/h5-12H,13H2,1-4H3,(H,20,21). The van der Waals surface area contributed by atoms with Gasteiger partial charge in [0.1, 0.15) is 4.75 Å². The molecule has 0 aliphatic heterocycles. The molecule has 0 aliphatic carbocycles. The van der Waals surface area contributed by atoms with Crippen LogP contribution in [0.2, 0.25) is 0 Å². The summed E-state index contributed by atoms with van der Waals surface area (Å²) in [7, 11) is -3.47. The zero-order valence-corrected chi connectivity index (χ0v) is 15.3. The topological polar surface area (TPSA) is 63.2 Å². The summed E-state index contributed by atoms with van der Waals surface area (Å²) < 4.78 is 22.0. The summed E-state index contributed by atoms with van der Waals surface area (Å²) in [5, 5.41) is 2.72. The van der Waals surface area contributed by atoms with Crippen LogP contribution in [0.5, 0.6) is 0 Å². The summed E-state index contributed by atoms with van der Waals surface area (Å²) in [6.45, 7) is 5.17. The van der Waals surface area contributed by atoms with E-state index in [0.29, 0.717) is 0 Å². The molecule has 0 aliphatic rings. The van der Waals surface area contributed by atoms with E-state index in [1.54, 1.807) is 0 Å². The Morgan fingerprint density at radius 3 is 2.21 bits per heavy atom. The predicted octanol–water partition coefficient (Wildman–Crippen LogP) is 3.10. The molecule has 0 bridgehead atoms. The molecule has 0 fully saturated rings. The fourth-order valence-corrected chi connectivity index (χ4v) is 2.66. The van der Waals surface area contributed by atoms with Gasteiger partial charge in [0, 0.05) is 12.8 Å². The molecule has 0 saturated carbocycles. The Morgan fingerprint density at radius 2 is 1.62 bits per heavy atom. The molecule has 0 spiro atoms. The Bertz CT molecular complexity index is 854. The highest BCUT2D eigenvalue weighted by atomic mass is 32.2. The van der Waals surface area contributed by atoms with E-state index in [9.17, 15) is 13.2 Å². The van der Waals surface area contributed by atoms with Gasteiger partial charge in [-0.05, 0) is 43.5 Å². The Labute approximate surface area is 143 Å². The number of benzene rings is 2. The van der Waals surface area contributed by atoms with Crippen LogP contribution in [-0.2, 0) is 21.2 Å². The molecule has 5 heteroatoms. The molecule has 24 heavy (non-hydrogen) atoms. The molecule has 1 N–H and O–H groups in total. The molecule has 0 heterocycles. The zero-order chi connectivity index (χ0) is 18.0. The molecule has 2 aromatic carbocycles. The number of nitrogens with one attached hydrogen (secondary N) is 1. The molecule has 0 radical (unpaired) electrons. The van der Waals surface area contributed by atoms with Crippen molar-refractivity contribution in [2.45, 2.75) is 32.1 Å². The summed E-state index contributed by atoms with van der Waals surface area (Å²) in [6.07, 6.45) is 1.07. The average Bonchev–Trinajstić information content (AvgIpc) is 2.51. The van der Waals surface area contributed by atoms with Gasteiger partial charge in [0.15, 0.2) is 9.84 Å². The number of carbonyl (C=O) groups is 1. The molecule has 0 atom stereocenters. The lowest BCUT2D eigenvalue weighted by Crippen LogP contribution is -2.47. The number of amides is 1. The fourth-order valence-electron chi connectivity index (χ4n) is 2.25. The van der Waals surface area contributed by atoms with Gasteiger partial charge in [-0.15, -0.1) is 0 Å². The molecule has 0 unspecified atom stereocenters. The second-order valence-corrected chi connectivity index (χ2v) is 9.10. The van der Waals surface area contributed by atoms with Crippen molar-refractivity contribution >= 4 is 15.7 Å². The number of hydrogen-bond acceptors (Lipinski definition) is 3. The summed E-state index contributed by atoms with van der Waals surface area (Å²) in [5.41, 5.74) is 4.28. The van der Waals surface area contributed by atoms with Crippen LogP contribution in [0.3, 0.4) is 0 Å². The molecule has 128 valence electrons. The van der Waals surface area contributed by atoms with Gasteiger partial charge in [-0.1, -0.05) is 48.0 Å². The van der Waals surface area contributed by atoms with Gasteiger partial charge < -0.3 is 5.32 Å². The highest BCUT2D eigenvalue weighted by Crippen LogP contribution is 2.22. The second kappa shape index (κ2) is 6.77. The highest BCUT2D eigenvalue weighted by Gasteiger charge is 2.38. The van der Waals surface area contributed by atoms with Crippen molar-refractivity contribution in [2.75, 3.05) is 6.26 Å². The number of hydrogen-bond donors (Lipinski definition) is 1. The number of rotatable bonds is 5. The third kappa shape index (κ3) is 4.03. The Balaban J connectivity index is 2.15. The van der Waals surface area contributed by atoms with Crippen LogP contribution in [0.25, 0.3) is 11.1 Å². The van der Waals surface area contributed by atoms with Gasteiger partial charge in [0.05, 0.1) is 0 Å².